The molecular formula is C18H16B2N6O2. The zero-order valence-corrected chi connectivity index (χ0v) is 15.4. The maximum atomic E-state index is 10.4. The molecule has 136 valence electrons. The van der Waals surface area contributed by atoms with E-state index in [1.54, 1.807) is 17.4 Å². The number of aliphatic hydroxyl groups is 1. The van der Waals surface area contributed by atoms with Crippen LogP contribution in [0.1, 0.15) is 11.3 Å². The first-order valence-corrected chi connectivity index (χ1v) is 8.45. The summed E-state index contributed by atoms with van der Waals surface area (Å²) in [4.78, 5) is 17.3. The van der Waals surface area contributed by atoms with Gasteiger partial charge in [0.25, 0.3) is 0 Å². The van der Waals surface area contributed by atoms with Crippen molar-refractivity contribution in [1.82, 2.24) is 19.4 Å². The van der Waals surface area contributed by atoms with Crippen molar-refractivity contribution >= 4 is 30.7 Å². The van der Waals surface area contributed by atoms with Crippen LogP contribution in [0.3, 0.4) is 0 Å². The average molecular weight is 370 g/mol. The Morgan fingerprint density at radius 2 is 2.18 bits per heavy atom. The fourth-order valence-electron chi connectivity index (χ4n) is 2.73. The molecule has 0 amide bonds. The van der Waals surface area contributed by atoms with Gasteiger partial charge in [-0.05, 0) is 0 Å². The Kier molecular flexibility index (Phi) is 5.85. The molecule has 10 heteroatoms. The summed E-state index contributed by atoms with van der Waals surface area (Å²) in [5.41, 5.74) is 9.10. The van der Waals surface area contributed by atoms with Crippen molar-refractivity contribution in [2.24, 2.45) is 10.6 Å². The number of rotatable bonds is 3. The normalized spacial score (nSPS) is 10.1. The van der Waals surface area contributed by atoms with Crippen molar-refractivity contribution in [3.05, 3.63) is 35.7 Å². The summed E-state index contributed by atoms with van der Waals surface area (Å²) < 4.78 is 1.67. The van der Waals surface area contributed by atoms with Crippen LogP contribution >= 0.6 is 0 Å². The quantitative estimate of drug-likeness (QED) is 0.436. The number of hydrogen-bond donors (Lipinski definition) is 3. The Balaban J connectivity index is 2.30. The van der Waals surface area contributed by atoms with Gasteiger partial charge in [-0.2, -0.15) is 0 Å². The number of benzene rings is 1. The molecular weight excluding hydrogens is 354 g/mol. The SMILES string of the molecule is CB(O)n1c(-c2nc(C#CCN)cnc2B=NC#CO)nc2ccc(C)cc21. The third kappa shape index (κ3) is 3.94. The van der Waals surface area contributed by atoms with E-state index in [9.17, 15) is 5.02 Å². The van der Waals surface area contributed by atoms with Gasteiger partial charge in [-0.3, -0.25) is 0 Å². The topological polar surface area (TPSA) is 122 Å². The third-order valence-corrected chi connectivity index (χ3v) is 3.85. The van der Waals surface area contributed by atoms with E-state index in [-0.39, 0.29) is 6.54 Å². The van der Waals surface area contributed by atoms with Gasteiger partial charge in [0.15, 0.2) is 0 Å². The van der Waals surface area contributed by atoms with Gasteiger partial charge in [-0.15, -0.1) is 0 Å². The summed E-state index contributed by atoms with van der Waals surface area (Å²) in [6.07, 6.45) is 3.19. The second-order valence-corrected chi connectivity index (χ2v) is 5.91. The molecule has 0 aliphatic rings. The van der Waals surface area contributed by atoms with Crippen LogP contribution in [0.4, 0.5) is 0 Å². The van der Waals surface area contributed by atoms with E-state index in [4.69, 9.17) is 10.8 Å². The van der Waals surface area contributed by atoms with Crippen molar-refractivity contribution in [3.8, 4) is 35.5 Å². The summed E-state index contributed by atoms with van der Waals surface area (Å²) in [6, 6.07) is 7.94. The molecule has 0 bridgehead atoms. The average Bonchev–Trinajstić information content (AvgIpc) is 3.05. The minimum absolute atomic E-state index is 0.192. The molecule has 2 heterocycles. The number of aryl methyl sites for hydroxylation is 1. The molecule has 0 fully saturated rings. The van der Waals surface area contributed by atoms with Gasteiger partial charge in [0.05, 0.1) is 0 Å². The summed E-state index contributed by atoms with van der Waals surface area (Å²) in [5.74, 6) is 5.99. The molecule has 2 aromatic heterocycles. The van der Waals surface area contributed by atoms with Crippen LogP contribution in [0, 0.1) is 30.9 Å². The van der Waals surface area contributed by atoms with Gasteiger partial charge in [0.2, 0.25) is 0 Å². The van der Waals surface area contributed by atoms with E-state index in [0.717, 1.165) is 11.1 Å². The van der Waals surface area contributed by atoms with Gasteiger partial charge in [0, 0.05) is 0 Å². The van der Waals surface area contributed by atoms with E-state index in [2.05, 4.69) is 37.7 Å². The number of nitrogens with zero attached hydrogens (tertiary/aromatic N) is 5. The molecule has 3 aromatic rings. The molecule has 0 atom stereocenters. The Morgan fingerprint density at radius 1 is 1.36 bits per heavy atom. The van der Waals surface area contributed by atoms with Crippen LogP contribution in [0.5, 0.6) is 0 Å². The Morgan fingerprint density at radius 3 is 2.89 bits per heavy atom. The molecule has 4 N–H and O–H groups in total. The van der Waals surface area contributed by atoms with Crippen LogP contribution in [-0.4, -0.2) is 50.2 Å². The second-order valence-electron chi connectivity index (χ2n) is 5.91. The van der Waals surface area contributed by atoms with Gasteiger partial charge >= 0.3 is 162 Å². The predicted octanol–water partition coefficient (Wildman–Crippen LogP) is -0.126. The maximum absolute atomic E-state index is 10.4. The fraction of sp³-hybridized carbons (Fsp3) is 0.167. The molecule has 1 aromatic carbocycles. The number of fused-ring (bicyclic) bond motifs is 1. The molecule has 0 aliphatic heterocycles. The molecule has 0 saturated heterocycles. The molecule has 3 rings (SSSR count). The van der Waals surface area contributed by atoms with E-state index in [0.29, 0.717) is 28.3 Å². The van der Waals surface area contributed by atoms with Crippen LogP contribution < -0.4 is 11.3 Å². The number of aromatic nitrogens is 4. The first kappa shape index (κ1) is 19.3. The van der Waals surface area contributed by atoms with Crippen LogP contribution in [0.2, 0.25) is 6.82 Å². The number of nitrogens with two attached hydrogens (primary N) is 1. The zero-order chi connectivity index (χ0) is 20.1. The summed E-state index contributed by atoms with van der Waals surface area (Å²) in [5, 5.41) is 19.0. The third-order valence-electron chi connectivity index (χ3n) is 3.85. The minimum atomic E-state index is -0.857. The number of hydrogen-bond acceptors (Lipinski definition) is 7. The second kappa shape index (κ2) is 8.49. The number of aliphatic hydroxyl groups excluding tert-OH is 1. The number of imidazole rings is 1. The molecule has 0 saturated carbocycles. The Labute approximate surface area is 162 Å². The van der Waals surface area contributed by atoms with Crippen molar-refractivity contribution in [3.63, 3.8) is 0 Å². The van der Waals surface area contributed by atoms with Crippen molar-refractivity contribution in [2.45, 2.75) is 13.7 Å². The Bertz CT molecular complexity index is 1180. The summed E-state index contributed by atoms with van der Waals surface area (Å²) in [6.45, 7) is 3.80. The van der Waals surface area contributed by atoms with Gasteiger partial charge in [0.1, 0.15) is 0 Å². The molecule has 28 heavy (non-hydrogen) atoms. The molecule has 0 spiro atoms. The Hall–Kier alpha value is -3.46. The van der Waals surface area contributed by atoms with Crippen molar-refractivity contribution < 1.29 is 10.1 Å². The molecule has 0 aliphatic carbocycles. The summed E-state index contributed by atoms with van der Waals surface area (Å²) >= 11 is 0. The van der Waals surface area contributed by atoms with E-state index in [1.165, 1.54) is 13.3 Å². The van der Waals surface area contributed by atoms with Crippen molar-refractivity contribution in [2.75, 3.05) is 6.54 Å². The van der Waals surface area contributed by atoms with Crippen LogP contribution in [0.25, 0.3) is 22.6 Å². The first-order chi connectivity index (χ1) is 13.5. The van der Waals surface area contributed by atoms with Crippen LogP contribution in [0.15, 0.2) is 29.3 Å². The first-order valence-electron chi connectivity index (χ1n) is 8.45. The van der Waals surface area contributed by atoms with Crippen molar-refractivity contribution in [1.29, 1.82) is 0 Å². The molecule has 0 radical (unpaired) electrons. The molecule has 8 nitrogen and oxygen atoms in total. The fourth-order valence-corrected chi connectivity index (χ4v) is 2.73. The zero-order valence-electron chi connectivity index (χ0n) is 15.4. The van der Waals surface area contributed by atoms with E-state index in [1.807, 2.05) is 25.1 Å². The van der Waals surface area contributed by atoms with E-state index >= 15 is 0 Å². The standard InChI is InChI=1S/C18H16B2N6O2/c1-12-5-6-14-15(10-12)26(20(2)28)18(25-14)16-17(19-23-8-9-27)22-11-13(24-16)4-3-7-21/h5-6,10-11,27-28H,7,21H2,1-2H3. The monoisotopic (exact) mass is 370 g/mol. The van der Waals surface area contributed by atoms with Gasteiger partial charge in [-0.1, -0.05) is 0 Å². The van der Waals surface area contributed by atoms with Gasteiger partial charge in [-0.25, -0.2) is 0 Å². The van der Waals surface area contributed by atoms with Crippen LogP contribution in [-0.2, 0) is 0 Å². The molecule has 0 unspecified atom stereocenters. The predicted molar refractivity (Wildman–Crippen MR) is 108 cm³/mol. The van der Waals surface area contributed by atoms with E-state index < -0.39 is 7.05 Å². The van der Waals surface area contributed by atoms with Gasteiger partial charge < -0.3 is 0 Å². The summed E-state index contributed by atoms with van der Waals surface area (Å²) in [7, 11) is 0.507.